The molecule has 0 aliphatic heterocycles. The van der Waals surface area contributed by atoms with Crippen LogP contribution in [0.4, 0.5) is 0 Å². The minimum atomic E-state index is 0.759. The van der Waals surface area contributed by atoms with E-state index in [-0.39, 0.29) is 0 Å². The second-order valence-electron chi connectivity index (χ2n) is 1.81. The molecule has 1 nitrogen and oxygen atoms in total. The van der Waals surface area contributed by atoms with Crippen molar-refractivity contribution < 1.29 is 0 Å². The summed E-state index contributed by atoms with van der Waals surface area (Å²) in [6.07, 6.45) is 4.11. The lowest BCUT2D eigenvalue weighted by atomic mass is 10.0. The van der Waals surface area contributed by atoms with Crippen LogP contribution in [0.15, 0.2) is 0 Å². The second-order valence-corrected chi connectivity index (χ2v) is 2.54. The maximum absolute atomic E-state index is 7.32. The molecule has 74 valence electrons. The number of hydrogen-bond donors (Lipinski definition) is 1. The number of nitrogens with zero attached hydrogens (tertiary/aromatic N) is 1. The largest absolute Gasteiger partial charge is 0.199 e. The van der Waals surface area contributed by atoms with Gasteiger partial charge < -0.3 is 0 Å². The summed E-state index contributed by atoms with van der Waals surface area (Å²) in [5.41, 5.74) is 0. The van der Waals surface area contributed by atoms with E-state index in [1.807, 2.05) is 27.7 Å². The van der Waals surface area contributed by atoms with Crippen LogP contribution in [-0.4, -0.2) is 5.25 Å². The summed E-state index contributed by atoms with van der Waals surface area (Å²) >= 11 is 4.18. The van der Waals surface area contributed by atoms with Crippen molar-refractivity contribution in [1.82, 2.24) is 0 Å². The van der Waals surface area contributed by atoms with E-state index in [4.69, 9.17) is 5.26 Å². The van der Waals surface area contributed by atoms with Gasteiger partial charge >= 0.3 is 0 Å². The number of rotatable bonds is 0. The Morgan fingerprint density at radius 1 is 1.17 bits per heavy atom. The van der Waals surface area contributed by atoms with E-state index in [0.29, 0.717) is 0 Å². The van der Waals surface area contributed by atoms with Crippen LogP contribution in [-0.2, 0) is 0 Å². The summed E-state index contributed by atoms with van der Waals surface area (Å²) in [6.45, 7) is 9.43. The highest BCUT2D eigenvalue weighted by Crippen LogP contribution is 2.22. The number of nitriles is 1. The maximum atomic E-state index is 7.32. The van der Waals surface area contributed by atoms with Crippen molar-refractivity contribution in [3.05, 3.63) is 0 Å². The molecule has 1 fully saturated rings. The van der Waals surface area contributed by atoms with Gasteiger partial charge in [0, 0.05) is 12.2 Å². The Labute approximate surface area is 83.6 Å². The van der Waals surface area contributed by atoms with Gasteiger partial charge in [0.25, 0.3) is 0 Å². The van der Waals surface area contributed by atoms with E-state index in [0.717, 1.165) is 5.25 Å². The molecule has 1 saturated carbocycles. The van der Waals surface area contributed by atoms with Gasteiger partial charge in [-0.25, -0.2) is 0 Å². The smallest absolute Gasteiger partial charge is 0.0587 e. The molecule has 0 atom stereocenters. The molecule has 0 aromatic rings. The zero-order valence-corrected chi connectivity index (χ0v) is 9.99. The Hall–Kier alpha value is -0.160. The fourth-order valence-electron chi connectivity index (χ4n) is 0.387. The van der Waals surface area contributed by atoms with Crippen molar-refractivity contribution in [2.75, 3.05) is 0 Å². The average Bonchev–Trinajstić information content (AvgIpc) is 2.10. The zero-order valence-electron chi connectivity index (χ0n) is 9.09. The van der Waals surface area contributed by atoms with Crippen LogP contribution in [0, 0.1) is 11.3 Å². The molecule has 12 heavy (non-hydrogen) atoms. The van der Waals surface area contributed by atoms with Crippen molar-refractivity contribution >= 4 is 12.6 Å². The minimum Gasteiger partial charge on any atom is -0.199 e. The Morgan fingerprint density at radius 2 is 1.33 bits per heavy atom. The molecular formula is C10H23NS. The van der Waals surface area contributed by atoms with Crippen molar-refractivity contribution in [3.63, 3.8) is 0 Å². The van der Waals surface area contributed by atoms with E-state index >= 15 is 0 Å². The van der Waals surface area contributed by atoms with E-state index in [1.54, 1.807) is 6.07 Å². The van der Waals surface area contributed by atoms with Crippen LogP contribution < -0.4 is 0 Å². The monoisotopic (exact) mass is 189 g/mol. The first-order valence-corrected chi connectivity index (χ1v) is 5.31. The van der Waals surface area contributed by atoms with E-state index in [9.17, 15) is 0 Å². The first-order chi connectivity index (χ1) is 5.81. The molecule has 0 amide bonds. The quantitative estimate of drug-likeness (QED) is 0.571. The lowest BCUT2D eigenvalue weighted by Crippen LogP contribution is -2.08. The van der Waals surface area contributed by atoms with Crippen LogP contribution >= 0.6 is 12.6 Å². The molecule has 1 rings (SSSR count). The highest BCUT2D eigenvalue weighted by atomic mass is 32.1. The van der Waals surface area contributed by atoms with Crippen molar-refractivity contribution in [2.24, 2.45) is 0 Å². The van der Waals surface area contributed by atoms with Crippen molar-refractivity contribution in [2.45, 2.75) is 59.1 Å². The Bertz CT molecular complexity index is 82.3. The first-order valence-electron chi connectivity index (χ1n) is 4.80. The third-order valence-electron chi connectivity index (χ3n) is 1.07. The van der Waals surface area contributed by atoms with Gasteiger partial charge in [0.05, 0.1) is 6.07 Å². The fourth-order valence-corrected chi connectivity index (χ4v) is 0.752. The van der Waals surface area contributed by atoms with Gasteiger partial charge in [-0.3, -0.25) is 0 Å². The van der Waals surface area contributed by atoms with Gasteiger partial charge in [0.1, 0.15) is 0 Å². The summed E-state index contributed by atoms with van der Waals surface area (Å²) in [5, 5.41) is 8.08. The highest BCUT2D eigenvalue weighted by molar-refractivity contribution is 7.81. The van der Waals surface area contributed by atoms with Crippen LogP contribution in [0.3, 0.4) is 0 Å². The number of thiol groups is 1. The normalized spacial score (nSPS) is 12.4. The van der Waals surface area contributed by atoms with E-state index < -0.39 is 0 Å². The molecule has 0 aromatic heterocycles. The highest BCUT2D eigenvalue weighted by Gasteiger charge is 2.10. The topological polar surface area (TPSA) is 23.8 Å². The average molecular weight is 189 g/mol. The summed E-state index contributed by atoms with van der Waals surface area (Å²) in [6, 6.07) is 1.75. The van der Waals surface area contributed by atoms with Crippen LogP contribution in [0.1, 0.15) is 53.9 Å². The molecular weight excluding hydrogens is 166 g/mol. The third kappa shape index (κ3) is 22.5. The number of hydrogen-bond acceptors (Lipinski definition) is 2. The molecule has 0 heterocycles. The van der Waals surface area contributed by atoms with Gasteiger partial charge in [-0.1, -0.05) is 34.1 Å². The lowest BCUT2D eigenvalue weighted by molar-refractivity contribution is 0.525. The summed E-state index contributed by atoms with van der Waals surface area (Å²) in [7, 11) is 0. The molecule has 0 spiro atoms. The second kappa shape index (κ2) is 22.4. The minimum absolute atomic E-state index is 0.759. The summed E-state index contributed by atoms with van der Waals surface area (Å²) in [5.74, 6) is 0. The summed E-state index contributed by atoms with van der Waals surface area (Å²) in [4.78, 5) is 0. The molecule has 0 N–H and O–H groups in total. The SMILES string of the molecule is CC.CC.CC#N.SC1CCC1. The molecule has 0 bridgehead atoms. The molecule has 2 heteroatoms. The van der Waals surface area contributed by atoms with Gasteiger partial charge in [0.15, 0.2) is 0 Å². The maximum Gasteiger partial charge on any atom is 0.0587 e. The molecule has 0 saturated heterocycles. The molecule has 0 radical (unpaired) electrons. The van der Waals surface area contributed by atoms with Gasteiger partial charge in [-0.05, 0) is 12.8 Å². The van der Waals surface area contributed by atoms with E-state index in [2.05, 4.69) is 12.6 Å². The van der Waals surface area contributed by atoms with Crippen molar-refractivity contribution in [1.29, 1.82) is 5.26 Å². The molecule has 0 unspecified atom stereocenters. The van der Waals surface area contributed by atoms with Crippen LogP contribution in [0.5, 0.6) is 0 Å². The lowest BCUT2D eigenvalue weighted by Gasteiger charge is -2.17. The van der Waals surface area contributed by atoms with E-state index in [1.165, 1.54) is 26.2 Å². The van der Waals surface area contributed by atoms with Crippen LogP contribution in [0.25, 0.3) is 0 Å². The zero-order chi connectivity index (χ0) is 10.4. The predicted octanol–water partition coefficient (Wildman–Crippen LogP) is 4.05. The van der Waals surface area contributed by atoms with Crippen molar-refractivity contribution in [3.8, 4) is 6.07 Å². The standard InChI is InChI=1S/C4H8S.C2H3N.2C2H6/c5-4-2-1-3-4;1-2-3;2*1-2/h4-5H,1-3H2;1H3;2*1-2H3. The van der Waals surface area contributed by atoms with Crippen LogP contribution in [0.2, 0.25) is 0 Å². The first kappa shape index (κ1) is 17.8. The molecule has 1 aliphatic rings. The Kier molecular flexibility index (Phi) is 33.3. The Balaban J connectivity index is -0.000000102. The molecule has 1 aliphatic carbocycles. The Morgan fingerprint density at radius 3 is 1.33 bits per heavy atom. The van der Waals surface area contributed by atoms with Gasteiger partial charge in [-0.2, -0.15) is 17.9 Å². The molecule has 0 aromatic carbocycles. The van der Waals surface area contributed by atoms with Gasteiger partial charge in [0.2, 0.25) is 0 Å². The fraction of sp³-hybridized carbons (Fsp3) is 0.900. The third-order valence-corrected chi connectivity index (χ3v) is 1.59. The summed E-state index contributed by atoms with van der Waals surface area (Å²) < 4.78 is 0. The van der Waals surface area contributed by atoms with Gasteiger partial charge in [-0.15, -0.1) is 0 Å². The predicted molar refractivity (Wildman–Crippen MR) is 60.6 cm³/mol.